The number of hydrogen-bond acceptors (Lipinski definition) is 4. The molecule has 6 aromatic carbocycles. The first kappa shape index (κ1) is 80.3. The average Bonchev–Trinajstić information content (AvgIpc) is 1.57. The van der Waals surface area contributed by atoms with Crippen molar-refractivity contribution in [1.82, 2.24) is 0 Å². The molecular formula is C97H142O4. The molecule has 6 atom stereocenters. The molecule has 9 rings (SSSR count). The Labute approximate surface area is 617 Å². The Bertz CT molecular complexity index is 3190. The van der Waals surface area contributed by atoms with E-state index < -0.39 is 12.2 Å². The standard InChI is InChI=1S/C97H142O4/c1-9-13-17-21-33-41-63-97(64-42-34-22-18-14-10-2)93-71-79(77-49-55-85-83-53-47-73(5)65-89(83)95(91(85)69-77,59-39-19-15-11-3)61-43-35-29-25-23-27-31-37-45-81(100)67-75(7)98)51-57-87(93)88-58-52-80(72-94(88)97)78-50-56-86-84-54-48-74(6)66-90(84)96(92(86)70-78,60-40-20-16-12-4)62-44-36-30-26-24-28-32-38-46-82(101)68-76(8)99/h47-58,65-66,69-72,75-76,81-82,98-101H,9-46,59-64,67-68H2,1-8H3. The molecule has 0 spiro atoms. The maximum atomic E-state index is 10.3. The van der Waals surface area contributed by atoms with E-state index in [2.05, 4.69) is 151 Å². The molecule has 0 aliphatic heterocycles. The molecule has 0 radical (unpaired) electrons. The minimum Gasteiger partial charge on any atom is -0.393 e. The number of fused-ring (bicyclic) bond motifs is 9. The maximum Gasteiger partial charge on any atom is 0.0564 e. The fourth-order valence-electron chi connectivity index (χ4n) is 19.3. The van der Waals surface area contributed by atoms with Gasteiger partial charge < -0.3 is 20.4 Å². The summed E-state index contributed by atoms with van der Waals surface area (Å²) in [5.41, 5.74) is 26.6. The molecule has 4 N–H and O–H groups in total. The molecule has 0 heterocycles. The van der Waals surface area contributed by atoms with E-state index in [0.717, 1.165) is 25.7 Å². The zero-order chi connectivity index (χ0) is 71.5. The molecule has 6 unspecified atom stereocenters. The van der Waals surface area contributed by atoms with Crippen LogP contribution in [0.4, 0.5) is 0 Å². The molecule has 101 heavy (non-hydrogen) atoms. The van der Waals surface area contributed by atoms with Crippen molar-refractivity contribution in [3.05, 3.63) is 154 Å². The van der Waals surface area contributed by atoms with Crippen LogP contribution in [0.25, 0.3) is 55.6 Å². The topological polar surface area (TPSA) is 80.9 Å². The van der Waals surface area contributed by atoms with Gasteiger partial charge in [-0.2, -0.15) is 0 Å². The number of aliphatic hydroxyl groups excluding tert-OH is 4. The lowest BCUT2D eigenvalue weighted by atomic mass is 9.69. The van der Waals surface area contributed by atoms with Crippen LogP contribution in [0.2, 0.25) is 0 Å². The minimum atomic E-state index is -0.432. The van der Waals surface area contributed by atoms with E-state index in [4.69, 9.17) is 0 Å². The number of aliphatic hydroxyl groups is 4. The highest BCUT2D eigenvalue weighted by atomic mass is 16.3. The Balaban J connectivity index is 1.05. The fraction of sp³-hybridized carbons (Fsp3) is 0.629. The lowest BCUT2D eigenvalue weighted by Gasteiger charge is -2.34. The van der Waals surface area contributed by atoms with Gasteiger partial charge in [0.25, 0.3) is 0 Å². The first-order valence-corrected chi connectivity index (χ1v) is 42.8. The summed E-state index contributed by atoms with van der Waals surface area (Å²) in [5.74, 6) is 0. The van der Waals surface area contributed by atoms with Gasteiger partial charge in [0.05, 0.1) is 24.4 Å². The van der Waals surface area contributed by atoms with E-state index in [9.17, 15) is 20.4 Å². The molecule has 6 aromatic rings. The highest BCUT2D eigenvalue weighted by molar-refractivity contribution is 5.90. The Morgan fingerprint density at radius 1 is 0.248 bits per heavy atom. The Morgan fingerprint density at radius 2 is 0.446 bits per heavy atom. The molecule has 0 amide bonds. The molecule has 0 fully saturated rings. The van der Waals surface area contributed by atoms with Crippen LogP contribution in [0.3, 0.4) is 0 Å². The Morgan fingerprint density at radius 3 is 0.683 bits per heavy atom. The zero-order valence-electron chi connectivity index (χ0n) is 65.5. The van der Waals surface area contributed by atoms with Crippen molar-refractivity contribution in [2.75, 3.05) is 0 Å². The van der Waals surface area contributed by atoms with Crippen LogP contribution in [0.15, 0.2) is 109 Å². The summed E-state index contributed by atoms with van der Waals surface area (Å²) in [5, 5.41) is 40.1. The third-order valence-electron chi connectivity index (χ3n) is 24.9. The molecule has 554 valence electrons. The highest BCUT2D eigenvalue weighted by Crippen LogP contribution is 2.60. The van der Waals surface area contributed by atoms with Gasteiger partial charge in [-0.1, -0.05) is 355 Å². The van der Waals surface area contributed by atoms with Gasteiger partial charge >= 0.3 is 0 Å². The van der Waals surface area contributed by atoms with Crippen molar-refractivity contribution in [3.63, 3.8) is 0 Å². The molecule has 0 bridgehead atoms. The van der Waals surface area contributed by atoms with Crippen LogP contribution in [-0.2, 0) is 16.2 Å². The summed E-state index contributed by atoms with van der Waals surface area (Å²) in [6, 6.07) is 46.1. The molecule has 4 heteroatoms. The normalized spacial score (nSPS) is 17.3. The second kappa shape index (κ2) is 41.2. The SMILES string of the molecule is CCCCCCCCC1(CCCCCCCC)c2cc(-c3ccc4c(c3)C(CCCCCC)(CCCCCCCCCCC(O)CC(C)O)c3cc(C)ccc3-4)ccc2-c2ccc(-c3ccc4c(c3)C(CCCCCC)(CCCCCCCCCCC(O)CC(C)O)c3cc(C)ccc3-4)cc21. The van der Waals surface area contributed by atoms with Crippen molar-refractivity contribution in [2.45, 2.75) is 391 Å². The fourth-order valence-corrected chi connectivity index (χ4v) is 19.3. The number of unbranched alkanes of at least 4 members (excludes halogenated alkanes) is 30. The minimum absolute atomic E-state index is 0.00135. The summed E-state index contributed by atoms with van der Waals surface area (Å²) < 4.78 is 0. The van der Waals surface area contributed by atoms with Crippen LogP contribution < -0.4 is 0 Å². The molecule has 0 saturated carbocycles. The van der Waals surface area contributed by atoms with E-state index in [0.29, 0.717) is 12.8 Å². The number of benzene rings is 6. The molecule has 3 aliphatic carbocycles. The predicted molar refractivity (Wildman–Crippen MR) is 436 cm³/mol. The molecular weight excluding hydrogens is 1230 g/mol. The van der Waals surface area contributed by atoms with Gasteiger partial charge in [-0.3, -0.25) is 0 Å². The lowest BCUT2D eigenvalue weighted by Crippen LogP contribution is -2.26. The van der Waals surface area contributed by atoms with E-state index in [1.807, 2.05) is 0 Å². The summed E-state index contributed by atoms with van der Waals surface area (Å²) in [6.45, 7) is 17.6. The van der Waals surface area contributed by atoms with Crippen molar-refractivity contribution >= 4 is 0 Å². The van der Waals surface area contributed by atoms with Gasteiger partial charge in [-0.05, 0) is 205 Å². The van der Waals surface area contributed by atoms with Gasteiger partial charge in [0.2, 0.25) is 0 Å². The van der Waals surface area contributed by atoms with Gasteiger partial charge in [-0.25, -0.2) is 0 Å². The number of aryl methyl sites for hydroxylation is 2. The van der Waals surface area contributed by atoms with Gasteiger partial charge in [-0.15, -0.1) is 0 Å². The van der Waals surface area contributed by atoms with Crippen LogP contribution in [-0.4, -0.2) is 44.8 Å². The second-order valence-corrected chi connectivity index (χ2v) is 33.3. The summed E-state index contributed by atoms with van der Waals surface area (Å²) in [7, 11) is 0. The summed E-state index contributed by atoms with van der Waals surface area (Å²) >= 11 is 0. The molecule has 0 aromatic heterocycles. The largest absolute Gasteiger partial charge is 0.393 e. The van der Waals surface area contributed by atoms with Crippen molar-refractivity contribution in [1.29, 1.82) is 0 Å². The van der Waals surface area contributed by atoms with Crippen molar-refractivity contribution in [3.8, 4) is 55.6 Å². The van der Waals surface area contributed by atoms with Crippen LogP contribution in [0.1, 0.15) is 381 Å². The average molecular weight is 1370 g/mol. The van der Waals surface area contributed by atoms with Crippen molar-refractivity contribution in [2.24, 2.45) is 0 Å². The quantitative estimate of drug-likeness (QED) is 0.0287. The summed E-state index contributed by atoms with van der Waals surface area (Å²) in [4.78, 5) is 0. The van der Waals surface area contributed by atoms with E-state index in [1.165, 1.54) is 324 Å². The first-order chi connectivity index (χ1) is 49.2. The van der Waals surface area contributed by atoms with Gasteiger partial charge in [0.15, 0.2) is 0 Å². The van der Waals surface area contributed by atoms with E-state index >= 15 is 0 Å². The molecule has 4 nitrogen and oxygen atoms in total. The smallest absolute Gasteiger partial charge is 0.0564 e. The predicted octanol–water partition coefficient (Wildman–Crippen LogP) is 27.9. The first-order valence-electron chi connectivity index (χ1n) is 42.8. The lowest BCUT2D eigenvalue weighted by molar-refractivity contribution is 0.0826. The molecule has 0 saturated heterocycles. The highest BCUT2D eigenvalue weighted by Gasteiger charge is 2.46. The number of rotatable bonds is 52. The van der Waals surface area contributed by atoms with Gasteiger partial charge in [0, 0.05) is 16.2 Å². The third kappa shape index (κ3) is 21.2. The van der Waals surface area contributed by atoms with Crippen LogP contribution in [0.5, 0.6) is 0 Å². The Kier molecular flexibility index (Phi) is 32.7. The zero-order valence-corrected chi connectivity index (χ0v) is 65.5. The summed E-state index contributed by atoms with van der Waals surface area (Å²) in [6.07, 6.45) is 53.7. The Hall–Kier alpha value is -4.84. The number of hydrogen-bond donors (Lipinski definition) is 4. The second-order valence-electron chi connectivity index (χ2n) is 33.3. The van der Waals surface area contributed by atoms with E-state index in [-0.39, 0.29) is 28.5 Å². The van der Waals surface area contributed by atoms with Crippen molar-refractivity contribution < 1.29 is 20.4 Å². The maximum absolute atomic E-state index is 10.3. The monoisotopic (exact) mass is 1370 g/mol. The van der Waals surface area contributed by atoms with E-state index in [1.54, 1.807) is 47.2 Å². The van der Waals surface area contributed by atoms with Crippen LogP contribution in [0, 0.1) is 13.8 Å². The van der Waals surface area contributed by atoms with Gasteiger partial charge in [0.1, 0.15) is 0 Å². The van der Waals surface area contributed by atoms with Crippen LogP contribution >= 0.6 is 0 Å². The molecule has 3 aliphatic rings. The third-order valence-corrected chi connectivity index (χ3v) is 24.9.